The molecular formula is C15H8BrCl2NO2. The van der Waals surface area contributed by atoms with Crippen molar-refractivity contribution in [3.8, 4) is 0 Å². The Kier molecular flexibility index (Phi) is 3.93. The lowest BCUT2D eigenvalue weighted by Gasteiger charge is -2.05. The number of nitrogens with one attached hydrogen (secondary N) is 1. The van der Waals surface area contributed by atoms with E-state index in [-0.39, 0.29) is 11.7 Å². The highest BCUT2D eigenvalue weighted by atomic mass is 79.9. The molecule has 0 fully saturated rings. The molecule has 106 valence electrons. The summed E-state index contributed by atoms with van der Waals surface area (Å²) in [7, 11) is 0. The zero-order valence-electron chi connectivity index (χ0n) is 10.5. The van der Waals surface area contributed by atoms with Crippen LogP contribution in [0.2, 0.25) is 10.0 Å². The first-order chi connectivity index (χ1) is 10.0. The van der Waals surface area contributed by atoms with Gasteiger partial charge >= 0.3 is 0 Å². The minimum atomic E-state index is -0.383. The lowest BCUT2D eigenvalue weighted by Crippen LogP contribution is -2.11. The third-order valence-corrected chi connectivity index (χ3v) is 3.94. The smallest absolute Gasteiger partial charge is 0.291 e. The molecule has 2 aromatic carbocycles. The Hall–Kier alpha value is -1.49. The molecule has 0 spiro atoms. The molecule has 0 atom stereocenters. The van der Waals surface area contributed by atoms with Crippen molar-refractivity contribution in [2.75, 3.05) is 5.32 Å². The highest BCUT2D eigenvalue weighted by molar-refractivity contribution is 9.10. The van der Waals surface area contributed by atoms with E-state index in [1.807, 2.05) is 12.1 Å². The van der Waals surface area contributed by atoms with Crippen LogP contribution in [0.5, 0.6) is 0 Å². The second-order valence-corrected chi connectivity index (χ2v) is 6.13. The van der Waals surface area contributed by atoms with Crippen LogP contribution in [0.25, 0.3) is 11.0 Å². The third-order valence-electron chi connectivity index (χ3n) is 2.88. The van der Waals surface area contributed by atoms with Crippen LogP contribution < -0.4 is 5.32 Å². The summed E-state index contributed by atoms with van der Waals surface area (Å²) in [5, 5.41) is 4.43. The van der Waals surface area contributed by atoms with Gasteiger partial charge in [0.15, 0.2) is 5.76 Å². The van der Waals surface area contributed by atoms with E-state index in [1.165, 1.54) is 0 Å². The number of hydrogen-bond donors (Lipinski definition) is 1. The number of halogens is 3. The Morgan fingerprint density at radius 3 is 2.71 bits per heavy atom. The van der Waals surface area contributed by atoms with Gasteiger partial charge in [-0.05, 0) is 42.5 Å². The Labute approximate surface area is 139 Å². The Bertz CT molecular complexity index is 845. The Morgan fingerprint density at radius 2 is 1.90 bits per heavy atom. The lowest BCUT2D eigenvalue weighted by molar-refractivity contribution is 0.0998. The van der Waals surface area contributed by atoms with Crippen LogP contribution in [-0.2, 0) is 0 Å². The molecule has 0 aliphatic carbocycles. The minimum Gasteiger partial charge on any atom is -0.451 e. The third kappa shape index (κ3) is 3.07. The topological polar surface area (TPSA) is 42.2 Å². The van der Waals surface area contributed by atoms with E-state index >= 15 is 0 Å². The summed E-state index contributed by atoms with van der Waals surface area (Å²) in [6.45, 7) is 0. The van der Waals surface area contributed by atoms with Crippen molar-refractivity contribution >= 4 is 61.7 Å². The summed E-state index contributed by atoms with van der Waals surface area (Å²) in [5.74, 6) is -0.175. The number of anilines is 1. The molecule has 0 bridgehead atoms. The van der Waals surface area contributed by atoms with Crippen molar-refractivity contribution in [2.24, 2.45) is 0 Å². The van der Waals surface area contributed by atoms with Crippen molar-refractivity contribution in [1.82, 2.24) is 0 Å². The van der Waals surface area contributed by atoms with Crippen LogP contribution in [-0.4, -0.2) is 5.91 Å². The molecular weight excluding hydrogens is 377 g/mol. The highest BCUT2D eigenvalue weighted by Gasteiger charge is 2.14. The van der Waals surface area contributed by atoms with E-state index in [2.05, 4.69) is 21.2 Å². The van der Waals surface area contributed by atoms with Crippen LogP contribution in [0.1, 0.15) is 10.6 Å². The number of fused-ring (bicyclic) bond motifs is 1. The van der Waals surface area contributed by atoms with E-state index in [9.17, 15) is 4.79 Å². The molecule has 21 heavy (non-hydrogen) atoms. The number of furan rings is 1. The predicted molar refractivity (Wildman–Crippen MR) is 88.3 cm³/mol. The quantitative estimate of drug-likeness (QED) is 0.610. The van der Waals surface area contributed by atoms with Gasteiger partial charge < -0.3 is 9.73 Å². The van der Waals surface area contributed by atoms with Crippen molar-refractivity contribution in [2.45, 2.75) is 0 Å². The maximum atomic E-state index is 12.2. The highest BCUT2D eigenvalue weighted by Crippen LogP contribution is 2.27. The summed E-state index contributed by atoms with van der Waals surface area (Å²) in [4.78, 5) is 12.2. The fraction of sp³-hybridized carbons (Fsp3) is 0. The molecule has 0 aliphatic heterocycles. The Balaban J connectivity index is 1.91. The largest absolute Gasteiger partial charge is 0.451 e. The lowest BCUT2D eigenvalue weighted by atomic mass is 10.2. The number of carbonyl (C=O) groups excluding carboxylic acids is 1. The molecule has 0 radical (unpaired) electrons. The predicted octanol–water partition coefficient (Wildman–Crippen LogP) is 5.75. The van der Waals surface area contributed by atoms with Gasteiger partial charge in [0.2, 0.25) is 0 Å². The number of carbonyl (C=O) groups is 1. The van der Waals surface area contributed by atoms with Crippen molar-refractivity contribution < 1.29 is 9.21 Å². The van der Waals surface area contributed by atoms with E-state index in [0.717, 1.165) is 9.86 Å². The first-order valence-electron chi connectivity index (χ1n) is 5.98. The van der Waals surface area contributed by atoms with Gasteiger partial charge in [0.25, 0.3) is 5.91 Å². The van der Waals surface area contributed by atoms with Gasteiger partial charge in [0.1, 0.15) is 5.58 Å². The number of benzene rings is 2. The molecule has 1 N–H and O–H groups in total. The molecule has 3 rings (SSSR count). The summed E-state index contributed by atoms with van der Waals surface area (Å²) >= 11 is 15.3. The standard InChI is InChI=1S/C15H8BrCl2NO2/c16-9-2-1-8-5-14(21-13(8)6-9)15(20)19-12-7-10(17)3-4-11(12)18/h1-7H,(H,19,20). The second kappa shape index (κ2) is 5.72. The second-order valence-electron chi connectivity index (χ2n) is 4.37. The molecule has 0 saturated heterocycles. The van der Waals surface area contributed by atoms with Gasteiger partial charge in [-0.15, -0.1) is 0 Å². The number of rotatable bonds is 2. The fourth-order valence-corrected chi connectivity index (χ4v) is 2.57. The summed E-state index contributed by atoms with van der Waals surface area (Å²) in [6, 6.07) is 12.1. The summed E-state index contributed by atoms with van der Waals surface area (Å²) in [6.07, 6.45) is 0. The van der Waals surface area contributed by atoms with E-state index in [0.29, 0.717) is 21.3 Å². The zero-order chi connectivity index (χ0) is 15.0. The zero-order valence-corrected chi connectivity index (χ0v) is 13.6. The molecule has 1 amide bonds. The van der Waals surface area contributed by atoms with Crippen LogP contribution in [0.4, 0.5) is 5.69 Å². The van der Waals surface area contributed by atoms with Gasteiger partial charge in [-0.1, -0.05) is 39.1 Å². The Morgan fingerprint density at radius 1 is 1.10 bits per heavy atom. The summed E-state index contributed by atoms with van der Waals surface area (Å²) in [5.41, 5.74) is 1.07. The normalized spacial score (nSPS) is 10.8. The van der Waals surface area contributed by atoms with Crippen LogP contribution >= 0.6 is 39.1 Å². The maximum absolute atomic E-state index is 12.2. The molecule has 1 heterocycles. The molecule has 3 nitrogen and oxygen atoms in total. The van der Waals surface area contributed by atoms with Gasteiger partial charge in [-0.2, -0.15) is 0 Å². The molecule has 0 unspecified atom stereocenters. The van der Waals surface area contributed by atoms with E-state index < -0.39 is 0 Å². The van der Waals surface area contributed by atoms with E-state index in [1.54, 1.807) is 30.3 Å². The van der Waals surface area contributed by atoms with Crippen molar-refractivity contribution in [3.63, 3.8) is 0 Å². The number of hydrogen-bond acceptors (Lipinski definition) is 2. The molecule has 1 aromatic heterocycles. The molecule has 3 aromatic rings. The SMILES string of the molecule is O=C(Nc1cc(Cl)ccc1Cl)c1cc2ccc(Br)cc2o1. The van der Waals surface area contributed by atoms with Crippen LogP contribution in [0.15, 0.2) is 51.4 Å². The average Bonchev–Trinajstić information content (AvgIpc) is 2.86. The monoisotopic (exact) mass is 383 g/mol. The van der Waals surface area contributed by atoms with Gasteiger partial charge in [0.05, 0.1) is 10.7 Å². The van der Waals surface area contributed by atoms with E-state index in [4.69, 9.17) is 27.6 Å². The molecule has 6 heteroatoms. The minimum absolute atomic E-state index is 0.208. The maximum Gasteiger partial charge on any atom is 0.291 e. The van der Waals surface area contributed by atoms with Gasteiger partial charge in [-0.3, -0.25) is 4.79 Å². The molecule has 0 aliphatic rings. The van der Waals surface area contributed by atoms with Crippen molar-refractivity contribution in [3.05, 3.63) is 62.7 Å². The average molecular weight is 385 g/mol. The first kappa shape index (κ1) is 14.4. The number of amides is 1. The fourth-order valence-electron chi connectivity index (χ4n) is 1.89. The first-order valence-corrected chi connectivity index (χ1v) is 7.53. The van der Waals surface area contributed by atoms with Gasteiger partial charge in [0, 0.05) is 14.9 Å². The summed E-state index contributed by atoms with van der Waals surface area (Å²) < 4.78 is 6.42. The molecule has 0 saturated carbocycles. The van der Waals surface area contributed by atoms with Gasteiger partial charge in [-0.25, -0.2) is 0 Å². The van der Waals surface area contributed by atoms with Crippen LogP contribution in [0.3, 0.4) is 0 Å². The van der Waals surface area contributed by atoms with Crippen LogP contribution in [0, 0.1) is 0 Å². The van der Waals surface area contributed by atoms with Crippen molar-refractivity contribution in [1.29, 1.82) is 0 Å².